The van der Waals surface area contributed by atoms with E-state index in [1.807, 2.05) is 12.3 Å². The van der Waals surface area contributed by atoms with Crippen molar-refractivity contribution >= 4 is 17.6 Å². The molecule has 1 aromatic heterocycles. The van der Waals surface area contributed by atoms with Crippen LogP contribution >= 0.6 is 11.3 Å². The first kappa shape index (κ1) is 6.13. The van der Waals surface area contributed by atoms with Gasteiger partial charge in [0.25, 0.3) is 0 Å². The molecular formula is C5H5N3S. The lowest BCUT2D eigenvalue weighted by Crippen LogP contribution is -1.78. The Morgan fingerprint density at radius 1 is 1.89 bits per heavy atom. The van der Waals surface area contributed by atoms with Gasteiger partial charge >= 0.3 is 6.21 Å². The maximum Gasteiger partial charge on any atom is 0.316 e. The second-order valence-electron chi connectivity index (χ2n) is 1.57. The normalized spacial score (nSPS) is 8.56. The Hall–Kier alpha value is -0.990. The molecule has 0 aliphatic carbocycles. The van der Waals surface area contributed by atoms with Crippen molar-refractivity contribution in [2.24, 2.45) is 0 Å². The van der Waals surface area contributed by atoms with Crippen molar-refractivity contribution in [3.63, 3.8) is 0 Å². The molecule has 0 saturated heterocycles. The first-order valence-corrected chi connectivity index (χ1v) is 3.30. The molecule has 1 heterocycles. The lowest BCUT2D eigenvalue weighted by atomic mass is 10.6. The average molecular weight is 139 g/mol. The highest BCUT2D eigenvalue weighted by Crippen LogP contribution is 2.04. The van der Waals surface area contributed by atoms with Crippen LogP contribution in [0.1, 0.15) is 10.7 Å². The van der Waals surface area contributed by atoms with E-state index in [1.54, 1.807) is 0 Å². The Labute approximate surface area is 56.6 Å². The summed E-state index contributed by atoms with van der Waals surface area (Å²) in [5.41, 5.74) is 9.02. The SMILES string of the molecule is Cc1csc(C=[N+]=[N-])n1. The summed E-state index contributed by atoms with van der Waals surface area (Å²) >= 11 is 1.45. The number of thiazole rings is 1. The summed E-state index contributed by atoms with van der Waals surface area (Å²) in [4.78, 5) is 6.85. The molecule has 0 bridgehead atoms. The molecule has 0 atom stereocenters. The number of rotatable bonds is 1. The van der Waals surface area contributed by atoms with E-state index in [0.717, 1.165) is 10.7 Å². The predicted octanol–water partition coefficient (Wildman–Crippen LogP) is 1.10. The van der Waals surface area contributed by atoms with Crippen molar-refractivity contribution in [3.05, 3.63) is 21.6 Å². The van der Waals surface area contributed by atoms with E-state index in [-0.39, 0.29) is 0 Å². The van der Waals surface area contributed by atoms with E-state index < -0.39 is 0 Å². The van der Waals surface area contributed by atoms with Crippen LogP contribution in [-0.4, -0.2) is 16.0 Å². The van der Waals surface area contributed by atoms with E-state index >= 15 is 0 Å². The van der Waals surface area contributed by atoms with Crippen molar-refractivity contribution < 1.29 is 4.79 Å². The van der Waals surface area contributed by atoms with Crippen LogP contribution in [0.15, 0.2) is 5.38 Å². The van der Waals surface area contributed by atoms with Crippen molar-refractivity contribution in [1.82, 2.24) is 4.98 Å². The minimum atomic E-state index is 0.731. The monoisotopic (exact) mass is 139 g/mol. The van der Waals surface area contributed by atoms with Gasteiger partial charge in [-0.2, -0.15) is 4.79 Å². The fraction of sp³-hybridized carbons (Fsp3) is 0.200. The second kappa shape index (κ2) is 2.53. The van der Waals surface area contributed by atoms with Crippen LogP contribution < -0.4 is 0 Å². The summed E-state index contributed by atoms with van der Waals surface area (Å²) in [6.07, 6.45) is 1.32. The Bertz CT molecular complexity index is 246. The van der Waals surface area contributed by atoms with Gasteiger partial charge in [0.15, 0.2) is 5.01 Å². The molecule has 9 heavy (non-hydrogen) atoms. The van der Waals surface area contributed by atoms with Crippen molar-refractivity contribution in [1.29, 1.82) is 0 Å². The molecule has 0 fully saturated rings. The topological polar surface area (TPSA) is 49.3 Å². The van der Waals surface area contributed by atoms with Crippen LogP contribution in [-0.2, 0) is 0 Å². The van der Waals surface area contributed by atoms with Gasteiger partial charge < -0.3 is 5.53 Å². The fourth-order valence-corrected chi connectivity index (χ4v) is 1.13. The largest absolute Gasteiger partial charge is 0.361 e. The molecule has 46 valence electrons. The summed E-state index contributed by atoms with van der Waals surface area (Å²) in [5.74, 6) is 0. The van der Waals surface area contributed by atoms with E-state index in [0.29, 0.717) is 0 Å². The third kappa shape index (κ3) is 1.45. The molecule has 0 aromatic carbocycles. The zero-order chi connectivity index (χ0) is 6.69. The summed E-state index contributed by atoms with van der Waals surface area (Å²) in [6.45, 7) is 1.89. The molecule has 0 aliphatic rings. The zero-order valence-corrected chi connectivity index (χ0v) is 5.72. The Morgan fingerprint density at radius 3 is 3.11 bits per heavy atom. The van der Waals surface area contributed by atoms with Gasteiger partial charge in [0, 0.05) is 11.1 Å². The van der Waals surface area contributed by atoms with Crippen LogP contribution in [0.5, 0.6) is 0 Å². The van der Waals surface area contributed by atoms with Gasteiger partial charge in [0.1, 0.15) is 0 Å². The average Bonchev–Trinajstić information content (AvgIpc) is 2.17. The van der Waals surface area contributed by atoms with Crippen molar-refractivity contribution in [2.45, 2.75) is 6.92 Å². The number of aromatic nitrogens is 1. The standard InChI is InChI=1S/C5H5N3S/c1-4-3-9-5(8-4)2-7-6/h2-3H,1H3. The molecule has 0 amide bonds. The Balaban J connectivity index is 2.97. The minimum absolute atomic E-state index is 0.731. The highest BCUT2D eigenvalue weighted by molar-refractivity contribution is 7.11. The number of hydrogen-bond donors (Lipinski definition) is 0. The molecular weight excluding hydrogens is 134 g/mol. The fourth-order valence-electron chi connectivity index (χ4n) is 0.481. The molecule has 0 N–H and O–H groups in total. The summed E-state index contributed by atoms with van der Waals surface area (Å²) in [7, 11) is 0. The van der Waals surface area contributed by atoms with Crippen LogP contribution in [0.4, 0.5) is 0 Å². The Morgan fingerprint density at radius 2 is 2.67 bits per heavy atom. The number of nitrogens with zero attached hydrogens (tertiary/aromatic N) is 3. The highest BCUT2D eigenvalue weighted by atomic mass is 32.1. The van der Waals surface area contributed by atoms with E-state index in [1.165, 1.54) is 17.6 Å². The molecule has 0 unspecified atom stereocenters. The van der Waals surface area contributed by atoms with Gasteiger partial charge in [-0.25, -0.2) is 4.98 Å². The van der Waals surface area contributed by atoms with E-state index in [9.17, 15) is 0 Å². The molecule has 4 heteroatoms. The van der Waals surface area contributed by atoms with Gasteiger partial charge in [0.2, 0.25) is 0 Å². The Kier molecular flexibility index (Phi) is 1.72. The van der Waals surface area contributed by atoms with Crippen LogP contribution in [0.2, 0.25) is 0 Å². The number of hydrogen-bond acceptors (Lipinski definition) is 2. The van der Waals surface area contributed by atoms with E-state index in [4.69, 9.17) is 5.53 Å². The maximum absolute atomic E-state index is 8.07. The molecule has 0 spiro atoms. The summed E-state index contributed by atoms with van der Waals surface area (Å²) < 4.78 is 0. The molecule has 0 saturated carbocycles. The smallest absolute Gasteiger partial charge is 0.316 e. The number of aryl methyl sites for hydroxylation is 1. The van der Waals surface area contributed by atoms with Crippen LogP contribution in [0, 0.1) is 6.92 Å². The van der Waals surface area contributed by atoms with Crippen LogP contribution in [0.25, 0.3) is 5.53 Å². The van der Waals surface area contributed by atoms with Gasteiger partial charge in [-0.15, -0.1) is 11.3 Å². The third-order valence-corrected chi connectivity index (χ3v) is 1.70. The lowest BCUT2D eigenvalue weighted by molar-refractivity contribution is 0.00454. The first-order valence-electron chi connectivity index (χ1n) is 2.42. The lowest BCUT2D eigenvalue weighted by Gasteiger charge is -1.69. The van der Waals surface area contributed by atoms with Crippen LogP contribution in [0.3, 0.4) is 0 Å². The molecule has 1 aromatic rings. The highest BCUT2D eigenvalue weighted by Gasteiger charge is 1.95. The third-order valence-electron chi connectivity index (χ3n) is 0.805. The first-order chi connectivity index (χ1) is 4.33. The van der Waals surface area contributed by atoms with Crippen molar-refractivity contribution in [3.8, 4) is 0 Å². The summed E-state index contributed by atoms with van der Waals surface area (Å²) in [6, 6.07) is 0. The molecule has 1 rings (SSSR count). The van der Waals surface area contributed by atoms with Gasteiger partial charge in [-0.1, -0.05) is 0 Å². The maximum atomic E-state index is 8.07. The molecule has 0 radical (unpaired) electrons. The molecule has 0 aliphatic heterocycles. The molecule has 3 nitrogen and oxygen atoms in total. The van der Waals surface area contributed by atoms with Gasteiger partial charge in [-0.05, 0) is 6.92 Å². The zero-order valence-electron chi connectivity index (χ0n) is 4.90. The van der Waals surface area contributed by atoms with Gasteiger partial charge in [-0.3, -0.25) is 0 Å². The quantitative estimate of drug-likeness (QED) is 0.326. The second-order valence-corrected chi connectivity index (χ2v) is 2.46. The van der Waals surface area contributed by atoms with Gasteiger partial charge in [0.05, 0.1) is 0 Å². The van der Waals surface area contributed by atoms with E-state index in [2.05, 4.69) is 9.77 Å². The summed E-state index contributed by atoms with van der Waals surface area (Å²) in [5, 5.41) is 2.63. The predicted molar refractivity (Wildman–Crippen MR) is 35.6 cm³/mol. The van der Waals surface area contributed by atoms with Crippen molar-refractivity contribution in [2.75, 3.05) is 0 Å². The minimum Gasteiger partial charge on any atom is -0.361 e.